The van der Waals surface area contributed by atoms with Gasteiger partial charge in [-0.3, -0.25) is 4.99 Å². The molecule has 3 N–H and O–H groups in total. The largest absolute Gasteiger partial charge is 0.393 e. The number of aliphatic imine (C=N–C) groups is 1. The van der Waals surface area contributed by atoms with Crippen molar-refractivity contribution in [2.75, 3.05) is 13.1 Å². The van der Waals surface area contributed by atoms with Gasteiger partial charge < -0.3 is 15.7 Å². The molecule has 1 saturated carbocycles. The Labute approximate surface area is 154 Å². The van der Waals surface area contributed by atoms with Crippen LogP contribution in [-0.4, -0.2) is 36.3 Å². The molecule has 1 rings (SSSR count). The quantitative estimate of drug-likeness (QED) is 0.347. The fourth-order valence-corrected chi connectivity index (χ4v) is 2.71. The minimum atomic E-state index is -0.157. The molecular formula is C17H36IN3O. The second kappa shape index (κ2) is 10.7. The molecule has 3 atom stereocenters. The van der Waals surface area contributed by atoms with E-state index in [1.165, 1.54) is 6.42 Å². The smallest absolute Gasteiger partial charge is 0.191 e. The molecule has 4 nitrogen and oxygen atoms in total. The molecule has 3 unspecified atom stereocenters. The number of rotatable bonds is 6. The van der Waals surface area contributed by atoms with E-state index < -0.39 is 0 Å². The minimum Gasteiger partial charge on any atom is -0.393 e. The van der Waals surface area contributed by atoms with Crippen LogP contribution in [-0.2, 0) is 0 Å². The second-order valence-corrected chi connectivity index (χ2v) is 7.62. The Morgan fingerprint density at radius 3 is 2.50 bits per heavy atom. The molecule has 5 heteroatoms. The lowest BCUT2D eigenvalue weighted by Crippen LogP contribution is -2.43. The highest BCUT2D eigenvalue weighted by Gasteiger charge is 2.24. The summed E-state index contributed by atoms with van der Waals surface area (Å²) in [5.74, 6) is 1.23. The highest BCUT2D eigenvalue weighted by atomic mass is 127. The first-order chi connectivity index (χ1) is 9.81. The summed E-state index contributed by atoms with van der Waals surface area (Å²) in [4.78, 5) is 4.66. The van der Waals surface area contributed by atoms with Gasteiger partial charge in [-0.05, 0) is 44.9 Å². The van der Waals surface area contributed by atoms with Crippen molar-refractivity contribution in [1.82, 2.24) is 10.6 Å². The molecule has 0 aromatic carbocycles. The Hall–Kier alpha value is -0.0400. The third-order valence-corrected chi connectivity index (χ3v) is 4.16. The van der Waals surface area contributed by atoms with Gasteiger partial charge in [0, 0.05) is 25.0 Å². The van der Waals surface area contributed by atoms with Gasteiger partial charge in [0.05, 0.1) is 6.10 Å². The van der Waals surface area contributed by atoms with Crippen molar-refractivity contribution in [2.24, 2.45) is 16.3 Å². The number of guanidine groups is 1. The van der Waals surface area contributed by atoms with E-state index in [0.717, 1.165) is 44.7 Å². The maximum Gasteiger partial charge on any atom is 0.191 e. The third kappa shape index (κ3) is 9.18. The van der Waals surface area contributed by atoms with Crippen LogP contribution >= 0.6 is 24.0 Å². The van der Waals surface area contributed by atoms with E-state index >= 15 is 0 Å². The molecule has 0 saturated heterocycles. The Morgan fingerprint density at radius 1 is 1.32 bits per heavy atom. The van der Waals surface area contributed by atoms with Crippen molar-refractivity contribution >= 4 is 29.9 Å². The van der Waals surface area contributed by atoms with Crippen LogP contribution in [0.2, 0.25) is 0 Å². The second-order valence-electron chi connectivity index (χ2n) is 7.62. The van der Waals surface area contributed by atoms with Gasteiger partial charge >= 0.3 is 0 Å². The first-order valence-corrected chi connectivity index (χ1v) is 8.54. The lowest BCUT2D eigenvalue weighted by atomic mass is 9.89. The lowest BCUT2D eigenvalue weighted by molar-refractivity contribution is 0.136. The summed E-state index contributed by atoms with van der Waals surface area (Å²) in [5, 5.41) is 16.7. The summed E-state index contributed by atoms with van der Waals surface area (Å²) in [6, 6.07) is 0.413. The maximum atomic E-state index is 9.88. The topological polar surface area (TPSA) is 56.7 Å². The number of hydrogen-bond acceptors (Lipinski definition) is 2. The molecule has 0 radical (unpaired) electrons. The van der Waals surface area contributed by atoms with Gasteiger partial charge in [-0.15, -0.1) is 24.0 Å². The first-order valence-electron chi connectivity index (χ1n) is 8.54. The van der Waals surface area contributed by atoms with Gasteiger partial charge in [0.1, 0.15) is 0 Å². The highest BCUT2D eigenvalue weighted by molar-refractivity contribution is 14.0. The maximum absolute atomic E-state index is 9.88. The van der Waals surface area contributed by atoms with Gasteiger partial charge in [0.2, 0.25) is 0 Å². The monoisotopic (exact) mass is 425 g/mol. The summed E-state index contributed by atoms with van der Waals surface area (Å²) >= 11 is 0. The van der Waals surface area contributed by atoms with Gasteiger partial charge in [0.15, 0.2) is 5.96 Å². The van der Waals surface area contributed by atoms with Crippen molar-refractivity contribution in [1.29, 1.82) is 0 Å². The fraction of sp³-hybridized carbons (Fsp3) is 0.941. The normalized spacial score (nSPS) is 23.8. The van der Waals surface area contributed by atoms with E-state index in [0.29, 0.717) is 17.4 Å². The summed E-state index contributed by atoms with van der Waals surface area (Å²) in [5.41, 5.74) is 0.374. The summed E-state index contributed by atoms with van der Waals surface area (Å²) in [6.07, 6.45) is 5.35. The van der Waals surface area contributed by atoms with E-state index in [4.69, 9.17) is 0 Å². The average Bonchev–Trinajstić information content (AvgIpc) is 2.79. The molecule has 1 fully saturated rings. The van der Waals surface area contributed by atoms with Gasteiger partial charge in [-0.2, -0.15) is 0 Å². The van der Waals surface area contributed by atoms with Crippen molar-refractivity contribution in [3.8, 4) is 0 Å². The Kier molecular flexibility index (Phi) is 10.7. The molecule has 132 valence electrons. The molecule has 1 aliphatic rings. The summed E-state index contributed by atoms with van der Waals surface area (Å²) < 4.78 is 0. The SMILES string of the molecule is CCNC(=NCC1CCCC1O)NC(C)CCC(C)(C)C.I. The minimum absolute atomic E-state index is 0. The molecular weight excluding hydrogens is 389 g/mol. The zero-order chi connectivity index (χ0) is 15.9. The molecule has 0 aromatic rings. The predicted molar refractivity (Wildman–Crippen MR) is 106 cm³/mol. The standard InChI is InChI=1S/C17H35N3O.HI/c1-6-18-16(19-12-14-8-7-9-15(14)21)20-13(2)10-11-17(3,4)5;/h13-15,21H,6-12H2,1-5H3,(H2,18,19,20);1H. The first kappa shape index (κ1) is 22.0. The third-order valence-electron chi connectivity index (χ3n) is 4.16. The number of aliphatic hydroxyl groups excluding tert-OH is 1. The van der Waals surface area contributed by atoms with Crippen LogP contribution in [0.1, 0.15) is 66.7 Å². The van der Waals surface area contributed by atoms with Crippen molar-refractivity contribution in [3.63, 3.8) is 0 Å². The van der Waals surface area contributed by atoms with Gasteiger partial charge in [-0.25, -0.2) is 0 Å². The predicted octanol–water partition coefficient (Wildman–Crippen LogP) is 3.54. The molecule has 0 spiro atoms. The van der Waals surface area contributed by atoms with E-state index in [2.05, 4.69) is 50.2 Å². The van der Waals surface area contributed by atoms with Crippen LogP contribution in [0.25, 0.3) is 0 Å². The van der Waals surface area contributed by atoms with Crippen LogP contribution in [0.5, 0.6) is 0 Å². The van der Waals surface area contributed by atoms with Crippen molar-refractivity contribution in [2.45, 2.75) is 78.9 Å². The number of nitrogens with one attached hydrogen (secondary N) is 2. The molecule has 0 aliphatic heterocycles. The van der Waals surface area contributed by atoms with Crippen molar-refractivity contribution in [3.05, 3.63) is 0 Å². The molecule has 0 aromatic heterocycles. The molecule has 1 aliphatic carbocycles. The number of hydrogen-bond donors (Lipinski definition) is 3. The van der Waals surface area contributed by atoms with Crippen LogP contribution in [0.4, 0.5) is 0 Å². The van der Waals surface area contributed by atoms with Crippen LogP contribution in [0.15, 0.2) is 4.99 Å². The van der Waals surface area contributed by atoms with Crippen LogP contribution in [0.3, 0.4) is 0 Å². The molecule has 0 amide bonds. The molecule has 0 heterocycles. The van der Waals surface area contributed by atoms with Gasteiger partial charge in [-0.1, -0.05) is 27.2 Å². The van der Waals surface area contributed by atoms with E-state index in [1.54, 1.807) is 0 Å². The highest BCUT2D eigenvalue weighted by Crippen LogP contribution is 2.25. The zero-order valence-corrected chi connectivity index (χ0v) is 17.3. The van der Waals surface area contributed by atoms with Crippen LogP contribution in [0, 0.1) is 11.3 Å². The van der Waals surface area contributed by atoms with E-state index in [1.807, 2.05) is 0 Å². The lowest BCUT2D eigenvalue weighted by Gasteiger charge is -2.23. The summed E-state index contributed by atoms with van der Waals surface area (Å²) in [7, 11) is 0. The molecule has 22 heavy (non-hydrogen) atoms. The van der Waals surface area contributed by atoms with Crippen molar-refractivity contribution < 1.29 is 5.11 Å². The number of halogens is 1. The van der Waals surface area contributed by atoms with E-state index in [-0.39, 0.29) is 30.1 Å². The number of aliphatic hydroxyl groups is 1. The zero-order valence-electron chi connectivity index (χ0n) is 15.0. The Morgan fingerprint density at radius 2 is 2.00 bits per heavy atom. The number of nitrogens with zero attached hydrogens (tertiary/aromatic N) is 1. The Balaban J connectivity index is 0.00000441. The fourth-order valence-electron chi connectivity index (χ4n) is 2.71. The van der Waals surface area contributed by atoms with Crippen LogP contribution < -0.4 is 10.6 Å². The summed E-state index contributed by atoms with van der Waals surface area (Å²) in [6.45, 7) is 12.7. The Bertz CT molecular complexity index is 328. The van der Waals surface area contributed by atoms with Gasteiger partial charge in [0.25, 0.3) is 0 Å². The molecule has 0 bridgehead atoms. The van der Waals surface area contributed by atoms with E-state index in [9.17, 15) is 5.11 Å². The average molecular weight is 425 g/mol.